The molecule has 0 bridgehead atoms. The summed E-state index contributed by atoms with van der Waals surface area (Å²) in [5.41, 5.74) is 0.897. The van der Waals surface area contributed by atoms with Gasteiger partial charge in [-0.25, -0.2) is 4.79 Å². The Balaban J connectivity index is 2.39. The number of nitrogens with zero attached hydrogens (tertiary/aromatic N) is 1. The van der Waals surface area contributed by atoms with Gasteiger partial charge in [0.15, 0.2) is 0 Å². The average molecular weight is 253 g/mol. The van der Waals surface area contributed by atoms with Crippen molar-refractivity contribution in [2.24, 2.45) is 5.92 Å². The third kappa shape index (κ3) is 1.98. The van der Waals surface area contributed by atoms with Crippen molar-refractivity contribution >= 4 is 17.8 Å². The molecule has 6 nitrogen and oxygen atoms in total. The molecule has 0 radical (unpaired) electrons. The zero-order chi connectivity index (χ0) is 13.3. The van der Waals surface area contributed by atoms with Crippen LogP contribution in [0, 0.1) is 5.92 Å². The van der Waals surface area contributed by atoms with Gasteiger partial charge in [0.1, 0.15) is 0 Å². The lowest BCUT2D eigenvalue weighted by Crippen LogP contribution is -2.32. The third-order valence-corrected chi connectivity index (χ3v) is 3.38. The molecule has 2 aliphatic rings. The van der Waals surface area contributed by atoms with Gasteiger partial charge >= 0.3 is 11.9 Å². The molecule has 1 amide bonds. The van der Waals surface area contributed by atoms with Crippen LogP contribution in [-0.4, -0.2) is 41.5 Å². The maximum Gasteiger partial charge on any atom is 0.336 e. The van der Waals surface area contributed by atoms with Crippen LogP contribution in [0.5, 0.6) is 0 Å². The Morgan fingerprint density at radius 2 is 2.17 bits per heavy atom. The molecular weight excluding hydrogens is 238 g/mol. The third-order valence-electron chi connectivity index (χ3n) is 3.38. The van der Waals surface area contributed by atoms with Gasteiger partial charge in [-0.3, -0.25) is 9.59 Å². The van der Waals surface area contributed by atoms with Gasteiger partial charge in [-0.1, -0.05) is 0 Å². The highest BCUT2D eigenvalue weighted by Crippen LogP contribution is 2.37. The summed E-state index contributed by atoms with van der Waals surface area (Å²) in [4.78, 5) is 36.2. The van der Waals surface area contributed by atoms with E-state index in [9.17, 15) is 14.4 Å². The molecule has 0 saturated carbocycles. The van der Waals surface area contributed by atoms with Crippen molar-refractivity contribution in [3.63, 3.8) is 0 Å². The highest BCUT2D eigenvalue weighted by molar-refractivity contribution is 6.03. The van der Waals surface area contributed by atoms with E-state index < -0.39 is 17.9 Å². The fraction of sp³-hybridized carbons (Fsp3) is 0.583. The molecule has 2 aliphatic heterocycles. The van der Waals surface area contributed by atoms with Crippen molar-refractivity contribution in [3.8, 4) is 0 Å². The van der Waals surface area contributed by atoms with Gasteiger partial charge in [0, 0.05) is 12.2 Å². The lowest BCUT2D eigenvalue weighted by Gasteiger charge is -2.25. The fourth-order valence-corrected chi connectivity index (χ4v) is 2.60. The van der Waals surface area contributed by atoms with E-state index in [1.807, 2.05) is 0 Å². The number of hydrogen-bond donors (Lipinski definition) is 1. The van der Waals surface area contributed by atoms with Crippen LogP contribution in [0.4, 0.5) is 0 Å². The minimum absolute atomic E-state index is 0.240. The van der Waals surface area contributed by atoms with Crippen molar-refractivity contribution in [2.75, 3.05) is 13.7 Å². The SMILES string of the molecule is COC(=O)C1=C2CCCCN2C(=O)C1CC(=O)O. The number of aliphatic carboxylic acids is 1. The molecule has 2 heterocycles. The molecule has 1 unspecified atom stereocenters. The van der Waals surface area contributed by atoms with E-state index in [2.05, 4.69) is 4.74 Å². The quantitative estimate of drug-likeness (QED) is 0.742. The molecule has 0 aliphatic carbocycles. The average Bonchev–Trinajstić information content (AvgIpc) is 2.62. The summed E-state index contributed by atoms with van der Waals surface area (Å²) in [5, 5.41) is 8.85. The molecule has 0 spiro atoms. The first-order chi connectivity index (χ1) is 8.56. The number of carboxylic acids is 1. The topological polar surface area (TPSA) is 83.9 Å². The van der Waals surface area contributed by atoms with E-state index in [0.717, 1.165) is 12.8 Å². The van der Waals surface area contributed by atoms with E-state index in [1.165, 1.54) is 7.11 Å². The molecule has 98 valence electrons. The van der Waals surface area contributed by atoms with Crippen LogP contribution in [0.2, 0.25) is 0 Å². The van der Waals surface area contributed by atoms with Crippen LogP contribution in [0.3, 0.4) is 0 Å². The molecule has 6 heteroatoms. The maximum absolute atomic E-state index is 12.1. The molecule has 1 N–H and O–H groups in total. The zero-order valence-electron chi connectivity index (χ0n) is 10.1. The highest BCUT2D eigenvalue weighted by Gasteiger charge is 2.44. The first kappa shape index (κ1) is 12.6. The van der Waals surface area contributed by atoms with Crippen LogP contribution < -0.4 is 0 Å². The molecule has 18 heavy (non-hydrogen) atoms. The Hall–Kier alpha value is -1.85. The molecule has 2 rings (SSSR count). The van der Waals surface area contributed by atoms with E-state index in [4.69, 9.17) is 5.11 Å². The molecule has 1 fully saturated rings. The van der Waals surface area contributed by atoms with Crippen LogP contribution >= 0.6 is 0 Å². The number of methoxy groups -OCH3 is 1. The standard InChI is InChI=1S/C12H15NO5/c1-18-12(17)10-7(6-9(14)15)11(16)13-5-3-2-4-8(10)13/h7H,2-6H2,1H3,(H,14,15). The second kappa shape index (κ2) is 4.80. The minimum Gasteiger partial charge on any atom is -0.481 e. The number of esters is 1. The van der Waals surface area contributed by atoms with Gasteiger partial charge < -0.3 is 14.7 Å². The van der Waals surface area contributed by atoms with Crippen molar-refractivity contribution in [3.05, 3.63) is 11.3 Å². The largest absolute Gasteiger partial charge is 0.481 e. The lowest BCUT2D eigenvalue weighted by atomic mass is 9.95. The van der Waals surface area contributed by atoms with Gasteiger partial charge in [0.25, 0.3) is 0 Å². The number of carbonyl (C=O) groups excluding carboxylic acids is 2. The molecule has 0 aromatic rings. The Bertz CT molecular complexity index is 440. The number of allylic oxidation sites excluding steroid dienone is 1. The zero-order valence-corrected chi connectivity index (χ0v) is 10.1. The number of rotatable bonds is 3. The summed E-state index contributed by atoms with van der Waals surface area (Å²) in [6, 6.07) is 0. The Labute approximate surface area is 104 Å². The van der Waals surface area contributed by atoms with Gasteiger partial charge in [0.2, 0.25) is 5.91 Å². The first-order valence-corrected chi connectivity index (χ1v) is 5.90. The van der Waals surface area contributed by atoms with Crippen molar-refractivity contribution in [2.45, 2.75) is 25.7 Å². The Kier molecular flexibility index (Phi) is 3.36. The normalized spacial score (nSPS) is 23.1. The maximum atomic E-state index is 12.1. The Morgan fingerprint density at radius 3 is 2.78 bits per heavy atom. The predicted molar refractivity (Wildman–Crippen MR) is 60.3 cm³/mol. The molecule has 1 saturated heterocycles. The number of amides is 1. The predicted octanol–water partition coefficient (Wildman–Crippen LogP) is 0.530. The number of piperidine rings is 1. The van der Waals surface area contributed by atoms with E-state index >= 15 is 0 Å². The van der Waals surface area contributed by atoms with Gasteiger partial charge in [0.05, 0.1) is 25.0 Å². The summed E-state index contributed by atoms with van der Waals surface area (Å²) in [6.07, 6.45) is 2.05. The van der Waals surface area contributed by atoms with Crippen molar-refractivity contribution < 1.29 is 24.2 Å². The molecule has 0 aromatic heterocycles. The first-order valence-electron chi connectivity index (χ1n) is 5.90. The summed E-state index contributed by atoms with van der Waals surface area (Å²) >= 11 is 0. The molecule has 1 atom stereocenters. The van der Waals surface area contributed by atoms with Crippen LogP contribution in [0.1, 0.15) is 25.7 Å². The van der Waals surface area contributed by atoms with E-state index in [0.29, 0.717) is 18.7 Å². The number of hydrogen-bond acceptors (Lipinski definition) is 4. The number of carbonyl (C=O) groups is 3. The van der Waals surface area contributed by atoms with E-state index in [1.54, 1.807) is 4.90 Å². The van der Waals surface area contributed by atoms with Crippen LogP contribution in [0.15, 0.2) is 11.3 Å². The molecule has 0 aromatic carbocycles. The summed E-state index contributed by atoms with van der Waals surface area (Å²) in [6.45, 7) is 0.560. The van der Waals surface area contributed by atoms with Crippen LogP contribution in [-0.2, 0) is 19.1 Å². The summed E-state index contributed by atoms with van der Waals surface area (Å²) < 4.78 is 4.67. The summed E-state index contributed by atoms with van der Waals surface area (Å²) in [5.74, 6) is -2.85. The number of fused-ring (bicyclic) bond motifs is 1. The Morgan fingerprint density at radius 1 is 1.44 bits per heavy atom. The number of ether oxygens (including phenoxy) is 1. The van der Waals surface area contributed by atoms with Gasteiger partial charge in [-0.2, -0.15) is 0 Å². The van der Waals surface area contributed by atoms with Crippen molar-refractivity contribution in [1.82, 2.24) is 4.90 Å². The second-order valence-electron chi connectivity index (χ2n) is 4.45. The number of carboxylic acid groups (broad SMARTS) is 1. The highest BCUT2D eigenvalue weighted by atomic mass is 16.5. The second-order valence-corrected chi connectivity index (χ2v) is 4.45. The van der Waals surface area contributed by atoms with Gasteiger partial charge in [-0.15, -0.1) is 0 Å². The van der Waals surface area contributed by atoms with Gasteiger partial charge in [-0.05, 0) is 19.3 Å². The smallest absolute Gasteiger partial charge is 0.336 e. The van der Waals surface area contributed by atoms with E-state index in [-0.39, 0.29) is 17.9 Å². The van der Waals surface area contributed by atoms with Crippen LogP contribution in [0.25, 0.3) is 0 Å². The minimum atomic E-state index is -1.09. The molecular formula is C12H15NO5. The monoisotopic (exact) mass is 253 g/mol. The van der Waals surface area contributed by atoms with Crippen molar-refractivity contribution in [1.29, 1.82) is 0 Å². The fourth-order valence-electron chi connectivity index (χ4n) is 2.60. The lowest BCUT2D eigenvalue weighted by molar-refractivity contribution is -0.143. The summed E-state index contributed by atoms with van der Waals surface area (Å²) in [7, 11) is 1.24.